The first kappa shape index (κ1) is 46.4. The number of anilines is 4. The zero-order valence-electron chi connectivity index (χ0n) is 34.9. The molecule has 0 saturated carbocycles. The summed E-state index contributed by atoms with van der Waals surface area (Å²) >= 11 is 9.39. The molecule has 6 aromatic rings. The number of aromatic nitrogens is 1. The maximum absolute atomic E-state index is 15.6. The van der Waals surface area contributed by atoms with E-state index in [9.17, 15) is 25.8 Å². The highest BCUT2D eigenvalue weighted by molar-refractivity contribution is 7.99. The van der Waals surface area contributed by atoms with Crippen LogP contribution in [-0.4, -0.2) is 67.4 Å². The SMILES string of the molecule is CSc1c(-c2cc(F)cc(N3CCN(c4ccc(NS(=O)c5ccc(NCCSc6ccccc6)c(S(=O)(=O)C(F)(F)F)c5)cc4)CC3)c2)c(-c2ccc(Cl)cc2)n(C(C)C)c1C. The van der Waals surface area contributed by atoms with Crippen LogP contribution in [0, 0.1) is 12.7 Å². The van der Waals surface area contributed by atoms with Gasteiger partial charge in [-0.3, -0.25) is 0 Å². The summed E-state index contributed by atoms with van der Waals surface area (Å²) in [4.78, 5) is 5.28. The zero-order chi connectivity index (χ0) is 45.1. The molecule has 0 aliphatic carbocycles. The van der Waals surface area contributed by atoms with Crippen LogP contribution in [0.25, 0.3) is 22.4 Å². The van der Waals surface area contributed by atoms with Gasteiger partial charge >= 0.3 is 5.51 Å². The number of nitrogens with one attached hydrogen (secondary N) is 2. The van der Waals surface area contributed by atoms with Gasteiger partial charge in [0.15, 0.2) is 0 Å². The molecule has 7 rings (SSSR count). The number of sulfone groups is 1. The topological polar surface area (TPSA) is 86.7 Å². The second-order valence-electron chi connectivity index (χ2n) is 15.1. The fraction of sp³-hybridized carbons (Fsp3) is 0.261. The standard InChI is InChI=1S/C46H46ClF4N5O3S4/c1-30(2)56-31(3)45(60-4)43(44(56)32-10-12-34(47)13-11-32)33-26-35(48)28-38(27-33)55-23-21-54(22-24-55)37-16-14-36(15-17-37)53-62(57)40-18-19-41(42(29-40)63(58,59)46(49,50)51)52-20-25-61-39-8-6-5-7-9-39/h5-19,26-30,52-53H,20-25H2,1-4H3. The molecule has 0 bridgehead atoms. The molecular formula is C46H46ClF4N5O3S4. The molecule has 1 atom stereocenters. The van der Waals surface area contributed by atoms with Gasteiger partial charge in [0, 0.05) is 87.7 Å². The maximum Gasteiger partial charge on any atom is 0.501 e. The summed E-state index contributed by atoms with van der Waals surface area (Å²) < 4.78 is 101. The van der Waals surface area contributed by atoms with Crippen molar-refractivity contribution in [3.63, 3.8) is 0 Å². The summed E-state index contributed by atoms with van der Waals surface area (Å²) in [5, 5.41) is 3.45. The maximum atomic E-state index is 15.6. The predicted molar refractivity (Wildman–Crippen MR) is 253 cm³/mol. The van der Waals surface area contributed by atoms with Crippen LogP contribution in [0.3, 0.4) is 0 Å². The van der Waals surface area contributed by atoms with E-state index >= 15 is 4.39 Å². The van der Waals surface area contributed by atoms with Gasteiger partial charge in [-0.15, -0.1) is 23.5 Å². The van der Waals surface area contributed by atoms with E-state index in [4.69, 9.17) is 11.6 Å². The van der Waals surface area contributed by atoms with Crippen molar-refractivity contribution in [3.05, 3.63) is 132 Å². The molecular weight excluding hydrogens is 910 g/mol. The number of hydrogen-bond acceptors (Lipinski definition) is 8. The molecule has 1 aliphatic rings. The highest BCUT2D eigenvalue weighted by Gasteiger charge is 2.48. The molecule has 0 spiro atoms. The van der Waals surface area contributed by atoms with E-state index in [-0.39, 0.29) is 29.0 Å². The van der Waals surface area contributed by atoms with Gasteiger partial charge in [-0.2, -0.15) is 13.2 Å². The largest absolute Gasteiger partial charge is 0.501 e. The third-order valence-corrected chi connectivity index (χ3v) is 15.5. The van der Waals surface area contributed by atoms with Crippen LogP contribution < -0.4 is 19.8 Å². The molecule has 1 fully saturated rings. The Bertz CT molecular complexity index is 2690. The molecule has 8 nitrogen and oxygen atoms in total. The number of benzene rings is 5. The summed E-state index contributed by atoms with van der Waals surface area (Å²) in [6.45, 7) is 9.11. The fourth-order valence-electron chi connectivity index (χ4n) is 7.75. The molecule has 17 heteroatoms. The monoisotopic (exact) mass is 955 g/mol. The Kier molecular flexibility index (Phi) is 14.5. The lowest BCUT2D eigenvalue weighted by Gasteiger charge is -2.37. The van der Waals surface area contributed by atoms with Crippen LogP contribution >= 0.6 is 35.1 Å². The van der Waals surface area contributed by atoms with Crippen molar-refractivity contribution in [2.45, 2.75) is 51.9 Å². The summed E-state index contributed by atoms with van der Waals surface area (Å²) in [7, 11) is -7.86. The Morgan fingerprint density at radius 2 is 1.48 bits per heavy atom. The number of nitrogens with zero attached hydrogens (tertiary/aromatic N) is 3. The van der Waals surface area contributed by atoms with Crippen molar-refractivity contribution in [2.24, 2.45) is 0 Å². The average molecular weight is 957 g/mol. The smallest absolute Gasteiger partial charge is 0.383 e. The Hall–Kier alpha value is -4.61. The van der Waals surface area contributed by atoms with E-state index in [1.165, 1.54) is 23.9 Å². The molecule has 332 valence electrons. The summed E-state index contributed by atoms with van der Waals surface area (Å²) in [5.41, 5.74) is 1.22. The van der Waals surface area contributed by atoms with Crippen LogP contribution in [0.15, 0.2) is 135 Å². The molecule has 0 amide bonds. The van der Waals surface area contributed by atoms with Crippen molar-refractivity contribution < 1.29 is 30.2 Å². The first-order chi connectivity index (χ1) is 30.0. The molecule has 5 aromatic carbocycles. The normalized spacial score (nSPS) is 14.0. The number of thioether (sulfide) groups is 2. The first-order valence-electron chi connectivity index (χ1n) is 20.1. The van der Waals surface area contributed by atoms with Gasteiger partial charge in [-0.25, -0.2) is 17.0 Å². The summed E-state index contributed by atoms with van der Waals surface area (Å²) in [5.74, 6) is 0.138. The number of alkyl halides is 3. The van der Waals surface area contributed by atoms with Gasteiger partial charge in [0.05, 0.1) is 16.3 Å². The third-order valence-electron chi connectivity index (χ3n) is 10.7. The number of hydrogen-bond donors (Lipinski definition) is 2. The van der Waals surface area contributed by atoms with Gasteiger partial charge < -0.3 is 24.4 Å². The van der Waals surface area contributed by atoms with Crippen LogP contribution in [0.2, 0.25) is 5.02 Å². The molecule has 2 N–H and O–H groups in total. The van der Waals surface area contributed by atoms with E-state index in [1.807, 2.05) is 73.0 Å². The Morgan fingerprint density at radius 3 is 2.10 bits per heavy atom. The van der Waals surface area contributed by atoms with Crippen molar-refractivity contribution >= 4 is 78.7 Å². The van der Waals surface area contributed by atoms with Gasteiger partial charge in [-0.05, 0) is 123 Å². The zero-order valence-corrected chi connectivity index (χ0v) is 38.9. The molecule has 0 radical (unpaired) electrons. The summed E-state index contributed by atoms with van der Waals surface area (Å²) in [6, 6.07) is 33.0. The Labute approximate surface area is 381 Å². The van der Waals surface area contributed by atoms with Crippen LogP contribution in [-0.2, 0) is 20.8 Å². The Morgan fingerprint density at radius 1 is 0.825 bits per heavy atom. The van der Waals surface area contributed by atoms with Crippen LogP contribution in [0.1, 0.15) is 25.6 Å². The lowest BCUT2D eigenvalue weighted by molar-refractivity contribution is -0.0435. The van der Waals surface area contributed by atoms with E-state index in [0.717, 1.165) is 55.3 Å². The third kappa shape index (κ3) is 10.4. The first-order valence-corrected chi connectivity index (χ1v) is 25.3. The predicted octanol–water partition coefficient (Wildman–Crippen LogP) is 12.2. The van der Waals surface area contributed by atoms with Crippen molar-refractivity contribution in [3.8, 4) is 22.4 Å². The summed E-state index contributed by atoms with van der Waals surface area (Å²) in [6.07, 6.45) is 2.04. The molecule has 1 saturated heterocycles. The van der Waals surface area contributed by atoms with E-state index < -0.39 is 31.2 Å². The van der Waals surface area contributed by atoms with Crippen molar-refractivity contribution in [1.82, 2.24) is 4.57 Å². The van der Waals surface area contributed by atoms with Gasteiger partial charge in [0.2, 0.25) is 0 Å². The minimum absolute atomic E-state index is 0.138. The lowest BCUT2D eigenvalue weighted by atomic mass is 9.99. The van der Waals surface area contributed by atoms with Crippen molar-refractivity contribution in [1.29, 1.82) is 0 Å². The molecule has 2 heterocycles. The van der Waals surface area contributed by atoms with Crippen LogP contribution in [0.4, 0.5) is 40.3 Å². The molecule has 1 unspecified atom stereocenters. The highest BCUT2D eigenvalue weighted by atomic mass is 35.5. The molecule has 1 aromatic heterocycles. The number of halogens is 5. The Balaban J connectivity index is 1.03. The average Bonchev–Trinajstić information content (AvgIpc) is 3.57. The highest BCUT2D eigenvalue weighted by Crippen LogP contribution is 2.46. The second kappa shape index (κ2) is 19.6. The van der Waals surface area contributed by atoms with E-state index in [1.54, 1.807) is 36.0 Å². The lowest BCUT2D eigenvalue weighted by Crippen LogP contribution is -2.46. The number of piperazine rings is 1. The van der Waals surface area contributed by atoms with E-state index in [2.05, 4.69) is 51.2 Å². The second-order valence-corrected chi connectivity index (χ2v) is 20.6. The van der Waals surface area contributed by atoms with Crippen molar-refractivity contribution in [2.75, 3.05) is 64.6 Å². The molecule has 63 heavy (non-hydrogen) atoms. The fourth-order valence-corrected chi connectivity index (χ4v) is 11.4. The quantitative estimate of drug-likeness (QED) is 0.0598. The van der Waals surface area contributed by atoms with Gasteiger partial charge in [0.1, 0.15) is 21.7 Å². The minimum Gasteiger partial charge on any atom is -0.383 e. The van der Waals surface area contributed by atoms with Gasteiger partial charge in [0.25, 0.3) is 9.84 Å². The molecule has 1 aliphatic heterocycles. The van der Waals surface area contributed by atoms with Crippen LogP contribution in [0.5, 0.6) is 0 Å². The minimum atomic E-state index is -5.77. The number of rotatable bonds is 15. The van der Waals surface area contributed by atoms with E-state index in [0.29, 0.717) is 42.6 Å². The van der Waals surface area contributed by atoms with Gasteiger partial charge in [-0.1, -0.05) is 41.9 Å².